The summed E-state index contributed by atoms with van der Waals surface area (Å²) in [5.41, 5.74) is 0.0529. The number of amides is 1. The number of benzene rings is 1. The first kappa shape index (κ1) is 18.6. The lowest BCUT2D eigenvalue weighted by Gasteiger charge is -2.25. The van der Waals surface area contributed by atoms with Crippen LogP contribution in [0.15, 0.2) is 29.3 Å². The second-order valence-corrected chi connectivity index (χ2v) is 6.40. The fraction of sp³-hybridized carbons (Fsp3) is 0.444. The van der Waals surface area contributed by atoms with E-state index in [9.17, 15) is 19.5 Å². The van der Waals surface area contributed by atoms with Crippen LogP contribution in [-0.4, -0.2) is 32.1 Å². The molecule has 0 bridgehead atoms. The average Bonchev–Trinajstić information content (AvgIpc) is 2.55. The fourth-order valence-electron chi connectivity index (χ4n) is 2.81. The van der Waals surface area contributed by atoms with Gasteiger partial charge in [0.05, 0.1) is 17.2 Å². The van der Waals surface area contributed by atoms with Crippen LogP contribution in [0.4, 0.5) is 0 Å². The van der Waals surface area contributed by atoms with Crippen LogP contribution >= 0.6 is 0 Å². The smallest absolute Gasteiger partial charge is 0.329 e. The molecule has 0 aliphatic carbocycles. The van der Waals surface area contributed by atoms with Crippen molar-refractivity contribution in [2.24, 2.45) is 0 Å². The average molecular weight is 345 g/mol. The van der Waals surface area contributed by atoms with Gasteiger partial charge in [0, 0.05) is 13.0 Å². The molecule has 134 valence electrons. The minimum absolute atomic E-state index is 0.00545. The second-order valence-electron chi connectivity index (χ2n) is 6.40. The van der Waals surface area contributed by atoms with Crippen molar-refractivity contribution >= 4 is 22.8 Å². The summed E-state index contributed by atoms with van der Waals surface area (Å²) in [5, 5.41) is 12.4. The number of aryl methyl sites for hydroxylation is 2. The molecule has 7 nitrogen and oxygen atoms in total. The van der Waals surface area contributed by atoms with Gasteiger partial charge in [-0.25, -0.2) is 9.78 Å². The lowest BCUT2D eigenvalue weighted by molar-refractivity contribution is -0.147. The van der Waals surface area contributed by atoms with Crippen molar-refractivity contribution in [1.82, 2.24) is 14.9 Å². The van der Waals surface area contributed by atoms with E-state index in [1.54, 1.807) is 12.1 Å². The number of carboxylic acid groups (broad SMARTS) is 1. The molecule has 1 aromatic heterocycles. The van der Waals surface area contributed by atoms with Gasteiger partial charge in [-0.3, -0.25) is 14.2 Å². The molecule has 0 radical (unpaired) electrons. The van der Waals surface area contributed by atoms with Crippen LogP contribution in [0.25, 0.3) is 10.9 Å². The largest absolute Gasteiger partial charge is 0.480 e. The number of para-hydroxylation sites is 1. The Morgan fingerprint density at radius 3 is 2.72 bits per heavy atom. The summed E-state index contributed by atoms with van der Waals surface area (Å²) in [5.74, 6) is -1.47. The van der Waals surface area contributed by atoms with Gasteiger partial charge >= 0.3 is 5.97 Å². The second kappa shape index (κ2) is 7.46. The summed E-state index contributed by atoms with van der Waals surface area (Å²) in [7, 11) is 0. The Hall–Kier alpha value is -2.70. The monoisotopic (exact) mass is 345 g/mol. The highest BCUT2D eigenvalue weighted by atomic mass is 16.4. The highest BCUT2D eigenvalue weighted by Crippen LogP contribution is 2.13. The Balaban J connectivity index is 2.12. The van der Waals surface area contributed by atoms with E-state index in [1.807, 2.05) is 19.9 Å². The highest BCUT2D eigenvalue weighted by Gasteiger charge is 2.33. The van der Waals surface area contributed by atoms with E-state index in [4.69, 9.17) is 0 Å². The van der Waals surface area contributed by atoms with Crippen molar-refractivity contribution in [2.75, 3.05) is 0 Å². The molecule has 0 saturated heterocycles. The number of carbonyl (C=O) groups is 2. The molecule has 2 N–H and O–H groups in total. The summed E-state index contributed by atoms with van der Waals surface area (Å²) in [6.45, 7) is 5.37. The topological polar surface area (TPSA) is 101 Å². The Morgan fingerprint density at radius 2 is 2.08 bits per heavy atom. The third kappa shape index (κ3) is 4.04. The Labute approximate surface area is 145 Å². The first-order valence-corrected chi connectivity index (χ1v) is 8.27. The van der Waals surface area contributed by atoms with Crippen molar-refractivity contribution in [3.8, 4) is 0 Å². The molecule has 0 fully saturated rings. The number of hydrogen-bond acceptors (Lipinski definition) is 4. The molecule has 0 saturated carbocycles. The minimum atomic E-state index is -1.30. The van der Waals surface area contributed by atoms with Gasteiger partial charge in [0.2, 0.25) is 5.91 Å². The van der Waals surface area contributed by atoms with E-state index in [-0.39, 0.29) is 18.5 Å². The number of aromatic nitrogens is 2. The normalized spacial score (nSPS) is 13.4. The molecule has 2 rings (SSSR count). The van der Waals surface area contributed by atoms with Crippen LogP contribution in [0, 0.1) is 6.92 Å². The van der Waals surface area contributed by atoms with Gasteiger partial charge in [0.15, 0.2) is 0 Å². The van der Waals surface area contributed by atoms with Gasteiger partial charge < -0.3 is 10.4 Å². The summed E-state index contributed by atoms with van der Waals surface area (Å²) in [6, 6.07) is 5.38. The SMILES string of the molecule is CCCC(C)(NC(=O)CCn1cnc2c(C)cccc2c1=O)C(=O)O. The van der Waals surface area contributed by atoms with Crippen molar-refractivity contribution in [1.29, 1.82) is 0 Å². The maximum Gasteiger partial charge on any atom is 0.329 e. The number of nitrogens with zero attached hydrogens (tertiary/aromatic N) is 2. The van der Waals surface area contributed by atoms with Crippen molar-refractivity contribution in [2.45, 2.75) is 52.1 Å². The third-order valence-electron chi connectivity index (χ3n) is 4.27. The molecule has 0 aliphatic heterocycles. The summed E-state index contributed by atoms with van der Waals surface area (Å²) < 4.78 is 1.37. The van der Waals surface area contributed by atoms with Crippen molar-refractivity contribution < 1.29 is 14.7 Å². The molecular weight excluding hydrogens is 322 g/mol. The Morgan fingerprint density at radius 1 is 1.36 bits per heavy atom. The lowest BCUT2D eigenvalue weighted by atomic mass is 9.96. The maximum atomic E-state index is 12.5. The minimum Gasteiger partial charge on any atom is -0.480 e. The zero-order valence-corrected chi connectivity index (χ0v) is 14.7. The molecule has 25 heavy (non-hydrogen) atoms. The van der Waals surface area contributed by atoms with E-state index in [2.05, 4.69) is 10.3 Å². The first-order valence-electron chi connectivity index (χ1n) is 8.27. The first-order chi connectivity index (χ1) is 11.8. The maximum absolute atomic E-state index is 12.5. The molecule has 1 atom stereocenters. The molecule has 7 heteroatoms. The van der Waals surface area contributed by atoms with Gasteiger partial charge in [0.1, 0.15) is 5.54 Å². The van der Waals surface area contributed by atoms with Gasteiger partial charge in [-0.2, -0.15) is 0 Å². The fourth-order valence-corrected chi connectivity index (χ4v) is 2.81. The predicted octanol–water partition coefficient (Wildman–Crippen LogP) is 1.85. The van der Waals surface area contributed by atoms with Crippen LogP contribution in [0.1, 0.15) is 38.7 Å². The van der Waals surface area contributed by atoms with Gasteiger partial charge in [0.25, 0.3) is 5.56 Å². The number of rotatable bonds is 7. The molecule has 2 aromatic rings. The molecule has 1 aromatic carbocycles. The zero-order valence-electron chi connectivity index (χ0n) is 14.7. The Kier molecular flexibility index (Phi) is 5.56. The van der Waals surface area contributed by atoms with Crippen molar-refractivity contribution in [3.63, 3.8) is 0 Å². The predicted molar refractivity (Wildman–Crippen MR) is 94.4 cm³/mol. The van der Waals surface area contributed by atoms with Crippen molar-refractivity contribution in [3.05, 3.63) is 40.4 Å². The van der Waals surface area contributed by atoms with Gasteiger partial charge in [-0.15, -0.1) is 0 Å². The summed E-state index contributed by atoms with van der Waals surface area (Å²) >= 11 is 0. The third-order valence-corrected chi connectivity index (χ3v) is 4.27. The molecule has 0 spiro atoms. The quantitative estimate of drug-likeness (QED) is 0.797. The van der Waals surface area contributed by atoms with Crippen LogP contribution in [0.5, 0.6) is 0 Å². The van der Waals surface area contributed by atoms with Crippen LogP contribution < -0.4 is 10.9 Å². The highest BCUT2D eigenvalue weighted by molar-refractivity contribution is 5.86. The number of hydrogen-bond donors (Lipinski definition) is 2. The number of carbonyl (C=O) groups excluding carboxylic acids is 1. The lowest BCUT2D eigenvalue weighted by Crippen LogP contribution is -2.52. The number of carboxylic acids is 1. The van der Waals surface area contributed by atoms with E-state index in [0.29, 0.717) is 23.7 Å². The van der Waals surface area contributed by atoms with Crippen LogP contribution in [0.2, 0.25) is 0 Å². The number of aliphatic carboxylic acids is 1. The van der Waals surface area contributed by atoms with Crippen LogP contribution in [-0.2, 0) is 16.1 Å². The summed E-state index contributed by atoms with van der Waals surface area (Å²) in [4.78, 5) is 40.3. The molecule has 0 aliphatic rings. The number of nitrogens with one attached hydrogen (secondary N) is 1. The van der Waals surface area contributed by atoms with E-state index in [1.165, 1.54) is 17.8 Å². The van der Waals surface area contributed by atoms with E-state index >= 15 is 0 Å². The summed E-state index contributed by atoms with van der Waals surface area (Å²) in [6.07, 6.45) is 2.40. The van der Waals surface area contributed by atoms with Crippen LogP contribution in [0.3, 0.4) is 0 Å². The molecule has 1 amide bonds. The standard InChI is InChI=1S/C18H23N3O4/c1-4-9-18(3,17(24)25)20-14(22)8-10-21-11-19-15-12(2)6-5-7-13(15)16(21)23/h5-7,11H,4,8-10H2,1-3H3,(H,20,22)(H,24,25). The van der Waals surface area contributed by atoms with E-state index < -0.39 is 17.4 Å². The zero-order chi connectivity index (χ0) is 18.6. The van der Waals surface area contributed by atoms with E-state index in [0.717, 1.165) is 5.56 Å². The molecule has 1 heterocycles. The Bertz CT molecular complexity index is 859. The molecular formula is C18H23N3O4. The number of fused-ring (bicyclic) bond motifs is 1. The molecule has 1 unspecified atom stereocenters. The van der Waals surface area contributed by atoms with Gasteiger partial charge in [-0.05, 0) is 31.9 Å². The van der Waals surface area contributed by atoms with Gasteiger partial charge in [-0.1, -0.05) is 25.5 Å².